The molecule has 0 N–H and O–H groups in total. The van der Waals surface area contributed by atoms with Crippen LogP contribution in [0.3, 0.4) is 0 Å². The van der Waals surface area contributed by atoms with Crippen LogP contribution < -0.4 is 9.47 Å². The Morgan fingerprint density at radius 3 is 1.23 bits per heavy atom. The first-order chi connectivity index (χ1) is 14.7. The van der Waals surface area contributed by atoms with Crippen LogP contribution in [0.15, 0.2) is 84.9 Å². The minimum Gasteiger partial charge on any atom is -0.497 e. The largest absolute Gasteiger partial charge is 0.497 e. The second kappa shape index (κ2) is 6.36. The minimum absolute atomic E-state index is 0.886. The van der Waals surface area contributed by atoms with E-state index in [0.29, 0.717) is 0 Å². The van der Waals surface area contributed by atoms with Crippen LogP contribution in [0.5, 0.6) is 11.5 Å². The molecular formula is C28H20O2. The summed E-state index contributed by atoms with van der Waals surface area (Å²) >= 11 is 0. The first-order valence-electron chi connectivity index (χ1n) is 10.1. The first kappa shape index (κ1) is 17.1. The highest BCUT2D eigenvalue weighted by molar-refractivity contribution is 6.20. The Morgan fingerprint density at radius 1 is 0.367 bits per heavy atom. The van der Waals surface area contributed by atoms with Gasteiger partial charge >= 0.3 is 0 Å². The lowest BCUT2D eigenvalue weighted by Crippen LogP contribution is -1.85. The predicted molar refractivity (Wildman–Crippen MR) is 127 cm³/mol. The molecule has 0 fully saturated rings. The maximum absolute atomic E-state index is 5.39. The Balaban J connectivity index is 1.67. The van der Waals surface area contributed by atoms with Gasteiger partial charge in [0.25, 0.3) is 0 Å². The highest BCUT2D eigenvalue weighted by Crippen LogP contribution is 2.36. The van der Waals surface area contributed by atoms with Gasteiger partial charge in [-0.3, -0.25) is 0 Å². The number of benzene rings is 6. The molecule has 144 valence electrons. The Kier molecular flexibility index (Phi) is 3.63. The van der Waals surface area contributed by atoms with Crippen LogP contribution >= 0.6 is 0 Å². The highest BCUT2D eigenvalue weighted by atomic mass is 16.5. The molecule has 0 amide bonds. The van der Waals surface area contributed by atoms with Crippen molar-refractivity contribution in [1.82, 2.24) is 0 Å². The molecule has 6 aromatic carbocycles. The summed E-state index contributed by atoms with van der Waals surface area (Å²) in [7, 11) is 3.42. The molecule has 0 atom stereocenters. The summed E-state index contributed by atoms with van der Waals surface area (Å²) in [6, 6.07) is 30.6. The van der Waals surface area contributed by atoms with Crippen LogP contribution in [-0.4, -0.2) is 14.2 Å². The first-order valence-corrected chi connectivity index (χ1v) is 10.1. The van der Waals surface area contributed by atoms with Crippen molar-refractivity contribution in [2.24, 2.45) is 0 Å². The highest BCUT2D eigenvalue weighted by Gasteiger charge is 2.08. The van der Waals surface area contributed by atoms with Gasteiger partial charge in [-0.15, -0.1) is 0 Å². The van der Waals surface area contributed by atoms with E-state index in [4.69, 9.17) is 9.47 Å². The molecule has 0 bridgehead atoms. The summed E-state index contributed by atoms with van der Waals surface area (Å²) in [6.07, 6.45) is 0. The Morgan fingerprint density at radius 2 is 0.800 bits per heavy atom. The van der Waals surface area contributed by atoms with Gasteiger partial charge in [-0.2, -0.15) is 0 Å². The van der Waals surface area contributed by atoms with Crippen LogP contribution in [0, 0.1) is 0 Å². The average molecular weight is 388 g/mol. The number of methoxy groups -OCH3 is 2. The molecule has 30 heavy (non-hydrogen) atoms. The van der Waals surface area contributed by atoms with Gasteiger partial charge in [0, 0.05) is 0 Å². The van der Waals surface area contributed by atoms with E-state index in [0.717, 1.165) is 11.5 Å². The number of ether oxygens (including phenoxy) is 2. The maximum Gasteiger partial charge on any atom is 0.119 e. The van der Waals surface area contributed by atoms with Crippen LogP contribution in [-0.2, 0) is 0 Å². The summed E-state index contributed by atoms with van der Waals surface area (Å²) in [6.45, 7) is 0. The monoisotopic (exact) mass is 388 g/mol. The van der Waals surface area contributed by atoms with Crippen LogP contribution in [0.2, 0.25) is 0 Å². The Hall–Kier alpha value is -3.78. The van der Waals surface area contributed by atoms with Crippen molar-refractivity contribution in [1.29, 1.82) is 0 Å². The van der Waals surface area contributed by atoms with Crippen molar-refractivity contribution in [3.05, 3.63) is 84.9 Å². The van der Waals surface area contributed by atoms with E-state index in [2.05, 4.69) is 72.8 Å². The van der Waals surface area contributed by atoms with E-state index >= 15 is 0 Å². The van der Waals surface area contributed by atoms with Crippen molar-refractivity contribution >= 4 is 53.9 Å². The van der Waals surface area contributed by atoms with E-state index in [1.807, 2.05) is 12.1 Å². The van der Waals surface area contributed by atoms with E-state index < -0.39 is 0 Å². The molecule has 6 aromatic rings. The second-order valence-corrected chi connectivity index (χ2v) is 7.80. The average Bonchev–Trinajstić information content (AvgIpc) is 2.80. The van der Waals surface area contributed by atoms with Crippen molar-refractivity contribution in [2.75, 3.05) is 14.2 Å². The number of rotatable bonds is 2. The zero-order valence-corrected chi connectivity index (χ0v) is 16.9. The van der Waals surface area contributed by atoms with Gasteiger partial charge in [0.05, 0.1) is 14.2 Å². The summed E-state index contributed by atoms with van der Waals surface area (Å²) in [5.41, 5.74) is 0. The van der Waals surface area contributed by atoms with Crippen molar-refractivity contribution in [2.45, 2.75) is 0 Å². The molecule has 0 unspecified atom stereocenters. The fourth-order valence-corrected chi connectivity index (χ4v) is 4.58. The lowest BCUT2D eigenvalue weighted by Gasteiger charge is -2.11. The molecule has 0 aromatic heterocycles. The molecule has 0 aliphatic carbocycles. The number of hydrogen-bond acceptors (Lipinski definition) is 2. The van der Waals surface area contributed by atoms with Crippen LogP contribution in [0.1, 0.15) is 0 Å². The van der Waals surface area contributed by atoms with Gasteiger partial charge in [-0.1, -0.05) is 36.4 Å². The van der Waals surface area contributed by atoms with Gasteiger partial charge in [-0.25, -0.2) is 0 Å². The van der Waals surface area contributed by atoms with Gasteiger partial charge in [-0.05, 0) is 102 Å². The molecule has 0 heterocycles. The third-order valence-electron chi connectivity index (χ3n) is 6.16. The molecular weight excluding hydrogens is 368 g/mol. The summed E-state index contributed by atoms with van der Waals surface area (Å²) in [4.78, 5) is 0. The SMILES string of the molecule is COc1ccc2cc3c(ccc4c5cc6ccc(OC)cc6cc5ccc34)cc2c1. The summed E-state index contributed by atoms with van der Waals surface area (Å²) in [5.74, 6) is 1.77. The van der Waals surface area contributed by atoms with Gasteiger partial charge < -0.3 is 9.47 Å². The normalized spacial score (nSPS) is 11.7. The summed E-state index contributed by atoms with van der Waals surface area (Å²) in [5, 5.41) is 12.5. The lowest BCUT2D eigenvalue weighted by atomic mass is 9.93. The number of hydrogen-bond donors (Lipinski definition) is 0. The van der Waals surface area contributed by atoms with Gasteiger partial charge in [0.1, 0.15) is 11.5 Å². The molecule has 0 radical (unpaired) electrons. The smallest absolute Gasteiger partial charge is 0.119 e. The van der Waals surface area contributed by atoms with E-state index in [1.54, 1.807) is 14.2 Å². The Bertz CT molecular complexity index is 1490. The molecule has 2 nitrogen and oxygen atoms in total. The van der Waals surface area contributed by atoms with E-state index in [1.165, 1.54) is 53.9 Å². The van der Waals surface area contributed by atoms with E-state index in [9.17, 15) is 0 Å². The quantitative estimate of drug-likeness (QED) is 0.226. The molecule has 2 heteroatoms. The molecule has 0 aliphatic rings. The third kappa shape index (κ3) is 2.50. The topological polar surface area (TPSA) is 18.5 Å². The molecule has 0 aliphatic heterocycles. The van der Waals surface area contributed by atoms with Gasteiger partial charge in [0.2, 0.25) is 0 Å². The maximum atomic E-state index is 5.39. The minimum atomic E-state index is 0.886. The fraction of sp³-hybridized carbons (Fsp3) is 0.0714. The van der Waals surface area contributed by atoms with Crippen molar-refractivity contribution in [3.8, 4) is 11.5 Å². The third-order valence-corrected chi connectivity index (χ3v) is 6.16. The molecule has 0 saturated heterocycles. The molecule has 0 spiro atoms. The lowest BCUT2D eigenvalue weighted by molar-refractivity contribution is 0.415. The zero-order chi connectivity index (χ0) is 20.2. The molecule has 0 saturated carbocycles. The van der Waals surface area contributed by atoms with Gasteiger partial charge in [0.15, 0.2) is 0 Å². The Labute approximate surface area is 174 Å². The fourth-order valence-electron chi connectivity index (χ4n) is 4.58. The number of fused-ring (bicyclic) bond motifs is 7. The zero-order valence-electron chi connectivity index (χ0n) is 16.9. The standard InChI is InChI=1S/C28H20O2/c1-29-23-7-3-17-15-27-19(11-21(17)13-23)5-9-26-25(27)10-6-20-12-22-14-24(30-2)8-4-18(22)16-28(20)26/h3-16H,1-2H3. The molecule has 6 rings (SSSR count). The second-order valence-electron chi connectivity index (χ2n) is 7.80. The van der Waals surface area contributed by atoms with Crippen molar-refractivity contribution in [3.63, 3.8) is 0 Å². The summed E-state index contributed by atoms with van der Waals surface area (Å²) < 4.78 is 10.8. The van der Waals surface area contributed by atoms with Crippen molar-refractivity contribution < 1.29 is 9.47 Å². The van der Waals surface area contributed by atoms with Crippen LogP contribution in [0.4, 0.5) is 0 Å². The predicted octanol–water partition coefficient (Wildman–Crippen LogP) is 7.47. The van der Waals surface area contributed by atoms with E-state index in [-0.39, 0.29) is 0 Å². The van der Waals surface area contributed by atoms with Crippen LogP contribution in [0.25, 0.3) is 53.9 Å².